The summed E-state index contributed by atoms with van der Waals surface area (Å²) in [4.78, 5) is 20.5. The fourth-order valence-corrected chi connectivity index (χ4v) is 2.64. The molecule has 0 aromatic carbocycles. The Morgan fingerprint density at radius 2 is 2.39 bits per heavy atom. The molecule has 3 heterocycles. The van der Waals surface area contributed by atoms with Gasteiger partial charge >= 0.3 is 0 Å². The Morgan fingerprint density at radius 3 is 3.17 bits per heavy atom. The van der Waals surface area contributed by atoms with Crippen molar-refractivity contribution in [3.05, 3.63) is 30.3 Å². The van der Waals surface area contributed by atoms with E-state index in [-0.39, 0.29) is 11.9 Å². The fourth-order valence-electron chi connectivity index (χ4n) is 2.64. The lowest BCUT2D eigenvalue weighted by molar-refractivity contribution is -0.122. The lowest BCUT2D eigenvalue weighted by Crippen LogP contribution is -2.50. The van der Waals surface area contributed by atoms with Crippen LogP contribution in [0.1, 0.15) is 25.7 Å². The SMILES string of the molecule is CC1CCNCC1NC(=O)CCc1nc(-c2ccccn2)no1. The summed E-state index contributed by atoms with van der Waals surface area (Å²) in [6.07, 6.45) is 3.54. The summed E-state index contributed by atoms with van der Waals surface area (Å²) in [6.45, 7) is 4.02. The summed E-state index contributed by atoms with van der Waals surface area (Å²) in [5.41, 5.74) is 0.661. The van der Waals surface area contributed by atoms with Gasteiger partial charge < -0.3 is 15.2 Å². The molecule has 23 heavy (non-hydrogen) atoms. The highest BCUT2D eigenvalue weighted by molar-refractivity contribution is 5.76. The molecule has 0 bridgehead atoms. The Hall–Kier alpha value is -2.28. The van der Waals surface area contributed by atoms with Crippen molar-refractivity contribution in [2.75, 3.05) is 13.1 Å². The predicted octanol–water partition coefficient (Wildman–Crippen LogP) is 1.18. The average Bonchev–Trinajstić information content (AvgIpc) is 3.05. The third-order valence-corrected chi connectivity index (χ3v) is 4.10. The molecule has 1 fully saturated rings. The van der Waals surface area contributed by atoms with Crippen molar-refractivity contribution in [2.24, 2.45) is 5.92 Å². The van der Waals surface area contributed by atoms with Crippen LogP contribution in [0.5, 0.6) is 0 Å². The van der Waals surface area contributed by atoms with E-state index in [0.717, 1.165) is 19.5 Å². The Bertz CT molecular complexity index is 643. The van der Waals surface area contributed by atoms with Crippen LogP contribution in [0.2, 0.25) is 0 Å². The molecule has 0 saturated carbocycles. The summed E-state index contributed by atoms with van der Waals surface area (Å²) in [7, 11) is 0. The summed E-state index contributed by atoms with van der Waals surface area (Å²) in [6, 6.07) is 5.71. The van der Waals surface area contributed by atoms with Crippen LogP contribution < -0.4 is 10.6 Å². The van der Waals surface area contributed by atoms with E-state index >= 15 is 0 Å². The van der Waals surface area contributed by atoms with Crippen molar-refractivity contribution in [2.45, 2.75) is 32.2 Å². The van der Waals surface area contributed by atoms with E-state index in [1.165, 1.54) is 0 Å². The molecule has 2 unspecified atom stereocenters. The quantitative estimate of drug-likeness (QED) is 0.860. The maximum Gasteiger partial charge on any atom is 0.227 e. The molecule has 2 aromatic heterocycles. The number of aryl methyl sites for hydroxylation is 1. The zero-order valence-electron chi connectivity index (χ0n) is 13.2. The van der Waals surface area contributed by atoms with Gasteiger partial charge in [-0.2, -0.15) is 4.98 Å². The van der Waals surface area contributed by atoms with Crippen LogP contribution in [0.15, 0.2) is 28.9 Å². The Morgan fingerprint density at radius 1 is 1.48 bits per heavy atom. The van der Waals surface area contributed by atoms with Crippen molar-refractivity contribution in [3.8, 4) is 11.5 Å². The van der Waals surface area contributed by atoms with Gasteiger partial charge in [-0.1, -0.05) is 18.1 Å². The van der Waals surface area contributed by atoms with Crippen molar-refractivity contribution in [1.29, 1.82) is 0 Å². The number of rotatable bonds is 5. The minimum absolute atomic E-state index is 0.0168. The summed E-state index contributed by atoms with van der Waals surface area (Å²) in [5.74, 6) is 1.42. The smallest absolute Gasteiger partial charge is 0.227 e. The van der Waals surface area contributed by atoms with Crippen LogP contribution in [0.3, 0.4) is 0 Å². The molecular formula is C16H21N5O2. The maximum atomic E-state index is 12.1. The molecule has 7 heteroatoms. The lowest BCUT2D eigenvalue weighted by Gasteiger charge is -2.30. The highest BCUT2D eigenvalue weighted by Gasteiger charge is 2.22. The first-order chi connectivity index (χ1) is 11.2. The van der Waals surface area contributed by atoms with Crippen molar-refractivity contribution in [1.82, 2.24) is 25.8 Å². The lowest BCUT2D eigenvalue weighted by atomic mass is 9.95. The monoisotopic (exact) mass is 315 g/mol. The van der Waals surface area contributed by atoms with Crippen LogP contribution in [0.4, 0.5) is 0 Å². The molecular weight excluding hydrogens is 294 g/mol. The molecule has 1 aliphatic heterocycles. The van der Waals surface area contributed by atoms with Crippen LogP contribution in [-0.4, -0.2) is 40.2 Å². The standard InChI is InChI=1S/C16H21N5O2/c1-11-7-9-17-10-13(11)19-14(22)5-6-15-20-16(21-23-15)12-4-2-3-8-18-12/h2-4,8,11,13,17H,5-7,9-10H2,1H3,(H,19,22). The van der Waals surface area contributed by atoms with Crippen LogP contribution in [0.25, 0.3) is 11.5 Å². The Kier molecular flexibility index (Phi) is 4.97. The van der Waals surface area contributed by atoms with Gasteiger partial charge in [-0.3, -0.25) is 9.78 Å². The molecule has 2 atom stereocenters. The largest absolute Gasteiger partial charge is 0.352 e. The average molecular weight is 315 g/mol. The molecule has 0 spiro atoms. The first kappa shape index (κ1) is 15.6. The number of hydrogen-bond donors (Lipinski definition) is 2. The molecule has 1 aliphatic rings. The van der Waals surface area contributed by atoms with E-state index in [4.69, 9.17) is 4.52 Å². The van der Waals surface area contributed by atoms with E-state index in [1.807, 2.05) is 18.2 Å². The van der Waals surface area contributed by atoms with Crippen molar-refractivity contribution < 1.29 is 9.32 Å². The molecule has 1 saturated heterocycles. The van der Waals surface area contributed by atoms with Gasteiger partial charge in [-0.25, -0.2) is 0 Å². The summed E-state index contributed by atoms with van der Waals surface area (Å²) < 4.78 is 5.19. The van der Waals surface area contributed by atoms with Gasteiger partial charge in [-0.15, -0.1) is 0 Å². The zero-order valence-corrected chi connectivity index (χ0v) is 13.2. The highest BCUT2D eigenvalue weighted by atomic mass is 16.5. The normalized spacial score (nSPS) is 21.1. The minimum Gasteiger partial charge on any atom is -0.352 e. The molecule has 0 aliphatic carbocycles. The number of amides is 1. The topological polar surface area (TPSA) is 92.9 Å². The molecule has 1 amide bonds. The van der Waals surface area contributed by atoms with Gasteiger partial charge in [-0.05, 0) is 31.0 Å². The highest BCUT2D eigenvalue weighted by Crippen LogP contribution is 2.14. The molecule has 3 rings (SSSR count). The van der Waals surface area contributed by atoms with Gasteiger partial charge in [0.25, 0.3) is 0 Å². The third-order valence-electron chi connectivity index (χ3n) is 4.10. The maximum absolute atomic E-state index is 12.1. The van der Waals surface area contributed by atoms with Crippen molar-refractivity contribution in [3.63, 3.8) is 0 Å². The molecule has 122 valence electrons. The van der Waals surface area contributed by atoms with Crippen molar-refractivity contribution >= 4 is 5.91 Å². The zero-order chi connectivity index (χ0) is 16.1. The minimum atomic E-state index is 0.0168. The van der Waals surface area contributed by atoms with Gasteiger partial charge in [0, 0.05) is 31.6 Å². The number of nitrogens with one attached hydrogen (secondary N) is 2. The number of pyridine rings is 1. The second kappa shape index (κ2) is 7.32. The molecule has 2 aromatic rings. The first-order valence-corrected chi connectivity index (χ1v) is 7.96. The number of aromatic nitrogens is 3. The second-order valence-corrected chi connectivity index (χ2v) is 5.87. The number of carbonyl (C=O) groups is 1. The van der Waals surface area contributed by atoms with Crippen LogP contribution in [0, 0.1) is 5.92 Å². The number of piperidine rings is 1. The van der Waals surface area contributed by atoms with Crippen LogP contribution in [-0.2, 0) is 11.2 Å². The predicted molar refractivity (Wildman–Crippen MR) is 84.4 cm³/mol. The van der Waals surface area contributed by atoms with Gasteiger partial charge in [0.15, 0.2) is 0 Å². The summed E-state index contributed by atoms with van der Waals surface area (Å²) >= 11 is 0. The van der Waals surface area contributed by atoms with Gasteiger partial charge in [0.05, 0.1) is 0 Å². The Labute approximate surface area is 134 Å². The molecule has 0 radical (unpaired) electrons. The van der Waals surface area contributed by atoms with E-state index in [2.05, 4.69) is 32.7 Å². The third kappa shape index (κ3) is 4.13. The van der Waals surface area contributed by atoms with Gasteiger partial charge in [0.1, 0.15) is 5.69 Å². The molecule has 7 nitrogen and oxygen atoms in total. The van der Waals surface area contributed by atoms with E-state index in [1.54, 1.807) is 6.20 Å². The fraction of sp³-hybridized carbons (Fsp3) is 0.500. The Balaban J connectivity index is 1.50. The number of nitrogens with zero attached hydrogens (tertiary/aromatic N) is 3. The van der Waals surface area contributed by atoms with Crippen LogP contribution >= 0.6 is 0 Å². The van der Waals surface area contributed by atoms with E-state index in [9.17, 15) is 4.79 Å². The second-order valence-electron chi connectivity index (χ2n) is 5.87. The first-order valence-electron chi connectivity index (χ1n) is 7.96. The van der Waals surface area contributed by atoms with Gasteiger partial charge in [0.2, 0.25) is 17.6 Å². The van der Waals surface area contributed by atoms with E-state index in [0.29, 0.717) is 36.2 Å². The number of hydrogen-bond acceptors (Lipinski definition) is 6. The summed E-state index contributed by atoms with van der Waals surface area (Å²) in [5, 5.41) is 10.3. The number of carbonyl (C=O) groups excluding carboxylic acids is 1. The molecule has 2 N–H and O–H groups in total. The van der Waals surface area contributed by atoms with E-state index < -0.39 is 0 Å².